The minimum Gasteiger partial charge on any atom is -0.438 e. The van der Waals surface area contributed by atoms with Crippen molar-refractivity contribution in [1.82, 2.24) is 9.21 Å². The zero-order valence-electron chi connectivity index (χ0n) is 12.4. The summed E-state index contributed by atoms with van der Waals surface area (Å²) in [5.74, 6) is -0.359. The highest BCUT2D eigenvalue weighted by atomic mass is 32.2. The van der Waals surface area contributed by atoms with Gasteiger partial charge < -0.3 is 14.4 Å². The lowest BCUT2D eigenvalue weighted by atomic mass is 9.94. The molecule has 1 fully saturated rings. The predicted molar refractivity (Wildman–Crippen MR) is 75.3 cm³/mol. The Morgan fingerprint density at radius 3 is 2.43 bits per heavy atom. The molecule has 0 saturated carbocycles. The van der Waals surface area contributed by atoms with E-state index in [0.717, 1.165) is 4.31 Å². The molecule has 0 aliphatic carbocycles. The minimum atomic E-state index is -3.68. The monoisotopic (exact) mass is 316 g/mol. The summed E-state index contributed by atoms with van der Waals surface area (Å²) in [5.41, 5.74) is -0.751. The lowest BCUT2D eigenvalue weighted by Crippen LogP contribution is -2.45. The van der Waals surface area contributed by atoms with Gasteiger partial charge in [0, 0.05) is 27.2 Å². The SMILES string of the molecule is CN(C)S(=O)(=O)c1ccc(C(=O)N2CCC(C)(O)CC2)o1. The van der Waals surface area contributed by atoms with Crippen molar-refractivity contribution in [3.63, 3.8) is 0 Å². The van der Waals surface area contributed by atoms with Crippen molar-refractivity contribution in [2.24, 2.45) is 0 Å². The van der Waals surface area contributed by atoms with E-state index < -0.39 is 15.6 Å². The molecule has 1 amide bonds. The number of nitrogens with zero attached hydrogens (tertiary/aromatic N) is 2. The van der Waals surface area contributed by atoms with E-state index in [4.69, 9.17) is 4.42 Å². The molecule has 1 aromatic heterocycles. The molecule has 7 nitrogen and oxygen atoms in total. The third-order valence-corrected chi connectivity index (χ3v) is 5.34. The number of carbonyl (C=O) groups is 1. The Hall–Kier alpha value is -1.38. The fourth-order valence-electron chi connectivity index (χ4n) is 2.10. The number of aliphatic hydroxyl groups is 1. The number of rotatable bonds is 3. The second-order valence-corrected chi connectivity index (χ2v) is 7.78. The number of hydrogen-bond donors (Lipinski definition) is 1. The molecule has 1 aliphatic heterocycles. The maximum Gasteiger partial charge on any atom is 0.289 e. The summed E-state index contributed by atoms with van der Waals surface area (Å²) in [6.45, 7) is 2.58. The van der Waals surface area contributed by atoms with Crippen molar-refractivity contribution in [2.45, 2.75) is 30.5 Å². The van der Waals surface area contributed by atoms with Gasteiger partial charge in [-0.2, -0.15) is 0 Å². The fourth-order valence-corrected chi connectivity index (χ4v) is 2.90. The normalized spacial score (nSPS) is 19.0. The summed E-state index contributed by atoms with van der Waals surface area (Å²) >= 11 is 0. The highest BCUT2D eigenvalue weighted by Gasteiger charge is 2.32. The van der Waals surface area contributed by atoms with Crippen LogP contribution >= 0.6 is 0 Å². The first-order valence-corrected chi connectivity index (χ1v) is 8.11. The summed E-state index contributed by atoms with van der Waals surface area (Å²) in [7, 11) is -0.893. The Morgan fingerprint density at radius 1 is 1.33 bits per heavy atom. The van der Waals surface area contributed by atoms with Crippen LogP contribution in [0.4, 0.5) is 0 Å². The van der Waals surface area contributed by atoms with Crippen LogP contribution in [0.2, 0.25) is 0 Å². The first kappa shape index (κ1) is 16.0. The third-order valence-electron chi connectivity index (χ3n) is 3.65. The Morgan fingerprint density at radius 2 is 1.90 bits per heavy atom. The van der Waals surface area contributed by atoms with Gasteiger partial charge in [-0.25, -0.2) is 12.7 Å². The van der Waals surface area contributed by atoms with Gasteiger partial charge in [-0.15, -0.1) is 0 Å². The standard InChI is InChI=1S/C13H20N2O5S/c1-13(17)6-8-15(9-7-13)12(16)10-4-5-11(20-10)21(18,19)14(2)3/h4-5,17H,6-9H2,1-3H3. The highest BCUT2D eigenvalue weighted by molar-refractivity contribution is 7.88. The van der Waals surface area contributed by atoms with Gasteiger partial charge in [-0.3, -0.25) is 4.79 Å². The average molecular weight is 316 g/mol. The van der Waals surface area contributed by atoms with Gasteiger partial charge in [0.2, 0.25) is 5.09 Å². The quantitative estimate of drug-likeness (QED) is 0.877. The number of likely N-dealkylation sites (tertiary alicyclic amines) is 1. The Kier molecular flexibility index (Phi) is 4.14. The zero-order chi connectivity index (χ0) is 15.8. The zero-order valence-corrected chi connectivity index (χ0v) is 13.2. The van der Waals surface area contributed by atoms with E-state index in [9.17, 15) is 18.3 Å². The van der Waals surface area contributed by atoms with E-state index >= 15 is 0 Å². The van der Waals surface area contributed by atoms with Crippen LogP contribution in [0.1, 0.15) is 30.3 Å². The fraction of sp³-hybridized carbons (Fsp3) is 0.615. The van der Waals surface area contributed by atoms with E-state index in [1.165, 1.54) is 26.2 Å². The number of amides is 1. The van der Waals surface area contributed by atoms with Crippen LogP contribution in [-0.2, 0) is 10.0 Å². The molecule has 1 aromatic rings. The maximum absolute atomic E-state index is 12.3. The van der Waals surface area contributed by atoms with Gasteiger partial charge in [0.15, 0.2) is 5.76 Å². The lowest BCUT2D eigenvalue weighted by molar-refractivity contribution is -0.00300. The first-order valence-electron chi connectivity index (χ1n) is 6.67. The van der Waals surface area contributed by atoms with Crippen molar-refractivity contribution in [1.29, 1.82) is 0 Å². The molecular formula is C13H20N2O5S. The average Bonchev–Trinajstić information content (AvgIpc) is 2.88. The van der Waals surface area contributed by atoms with Crippen LogP contribution in [0.25, 0.3) is 0 Å². The molecule has 0 radical (unpaired) electrons. The van der Waals surface area contributed by atoms with E-state index in [2.05, 4.69) is 0 Å². The van der Waals surface area contributed by atoms with Crippen LogP contribution in [0.5, 0.6) is 0 Å². The maximum atomic E-state index is 12.3. The molecule has 0 bridgehead atoms. The molecular weight excluding hydrogens is 296 g/mol. The number of piperidine rings is 1. The number of hydrogen-bond acceptors (Lipinski definition) is 5. The van der Waals surface area contributed by atoms with E-state index in [0.29, 0.717) is 25.9 Å². The molecule has 1 N–H and O–H groups in total. The van der Waals surface area contributed by atoms with Crippen molar-refractivity contribution in [3.05, 3.63) is 17.9 Å². The number of sulfonamides is 1. The summed E-state index contributed by atoms with van der Waals surface area (Å²) in [5, 5.41) is 9.62. The molecule has 0 atom stereocenters. The second kappa shape index (κ2) is 5.43. The van der Waals surface area contributed by atoms with Gasteiger partial charge in [0.05, 0.1) is 5.60 Å². The third kappa shape index (κ3) is 3.28. The van der Waals surface area contributed by atoms with Gasteiger partial charge in [-0.1, -0.05) is 0 Å². The van der Waals surface area contributed by atoms with Gasteiger partial charge in [0.25, 0.3) is 15.9 Å². The molecule has 2 heterocycles. The van der Waals surface area contributed by atoms with Crippen molar-refractivity contribution < 1.29 is 22.7 Å². The largest absolute Gasteiger partial charge is 0.438 e. The molecule has 118 valence electrons. The van der Waals surface area contributed by atoms with Crippen LogP contribution < -0.4 is 0 Å². The summed E-state index contributed by atoms with van der Waals surface area (Å²) < 4.78 is 30.0. The Bertz CT molecular complexity index is 623. The Balaban J connectivity index is 2.14. The van der Waals surface area contributed by atoms with Crippen molar-refractivity contribution in [3.8, 4) is 0 Å². The second-order valence-electron chi connectivity index (χ2n) is 5.70. The highest BCUT2D eigenvalue weighted by Crippen LogP contribution is 2.24. The summed E-state index contributed by atoms with van der Waals surface area (Å²) in [6, 6.07) is 2.65. The molecule has 21 heavy (non-hydrogen) atoms. The summed E-state index contributed by atoms with van der Waals surface area (Å²) in [6.07, 6.45) is 0.977. The molecule has 0 unspecified atom stereocenters. The van der Waals surface area contributed by atoms with E-state index in [1.807, 2.05) is 0 Å². The number of carbonyl (C=O) groups excluding carboxylic acids is 1. The molecule has 1 saturated heterocycles. The minimum absolute atomic E-state index is 0.00281. The van der Waals surface area contributed by atoms with Crippen LogP contribution in [0.3, 0.4) is 0 Å². The van der Waals surface area contributed by atoms with Crippen LogP contribution in [0.15, 0.2) is 21.6 Å². The molecule has 0 aromatic carbocycles. The van der Waals surface area contributed by atoms with E-state index in [-0.39, 0.29) is 16.8 Å². The predicted octanol–water partition coefficient (Wildman–Crippen LogP) is 0.517. The lowest BCUT2D eigenvalue weighted by Gasteiger charge is -2.35. The number of furan rings is 1. The van der Waals surface area contributed by atoms with E-state index in [1.54, 1.807) is 11.8 Å². The van der Waals surface area contributed by atoms with Gasteiger partial charge in [-0.05, 0) is 31.9 Å². The summed E-state index contributed by atoms with van der Waals surface area (Å²) in [4.78, 5) is 13.8. The Labute approximate surface area is 124 Å². The molecule has 0 spiro atoms. The van der Waals surface area contributed by atoms with Crippen molar-refractivity contribution >= 4 is 15.9 Å². The smallest absolute Gasteiger partial charge is 0.289 e. The molecule has 8 heteroatoms. The van der Waals surface area contributed by atoms with Crippen LogP contribution in [0, 0.1) is 0 Å². The van der Waals surface area contributed by atoms with Gasteiger partial charge in [0.1, 0.15) is 0 Å². The first-order chi connectivity index (χ1) is 9.63. The topological polar surface area (TPSA) is 91.1 Å². The molecule has 2 rings (SSSR count). The van der Waals surface area contributed by atoms with Crippen LogP contribution in [-0.4, -0.2) is 61.4 Å². The van der Waals surface area contributed by atoms with Gasteiger partial charge >= 0.3 is 0 Å². The van der Waals surface area contributed by atoms with Crippen molar-refractivity contribution in [2.75, 3.05) is 27.2 Å². The molecule has 1 aliphatic rings.